The number of hydrogen-bond acceptors (Lipinski definition) is 5. The molecule has 4 rings (SSSR count). The van der Waals surface area contributed by atoms with Gasteiger partial charge in [0.15, 0.2) is 11.5 Å². The van der Waals surface area contributed by atoms with E-state index in [1.54, 1.807) is 12.1 Å². The van der Waals surface area contributed by atoms with Crippen molar-refractivity contribution in [3.63, 3.8) is 0 Å². The fraction of sp³-hybridized carbons (Fsp3) is 0.125. The highest BCUT2D eigenvalue weighted by Gasteiger charge is 2.21. The molecule has 0 aliphatic heterocycles. The van der Waals surface area contributed by atoms with Crippen molar-refractivity contribution < 1.29 is 14.3 Å². The van der Waals surface area contributed by atoms with Crippen LogP contribution in [0.25, 0.3) is 22.3 Å². The van der Waals surface area contributed by atoms with Crippen molar-refractivity contribution in [3.8, 4) is 11.3 Å². The van der Waals surface area contributed by atoms with Crippen LogP contribution >= 0.6 is 34.2 Å². The van der Waals surface area contributed by atoms with Crippen LogP contribution < -0.4 is 10.7 Å². The second-order valence-electron chi connectivity index (χ2n) is 7.37. The molecule has 4 aromatic rings. The fourth-order valence-corrected chi connectivity index (χ4v) is 4.43. The van der Waals surface area contributed by atoms with Crippen molar-refractivity contribution >= 4 is 56.8 Å². The number of benzene rings is 2. The predicted octanol–water partition coefficient (Wildman–Crippen LogP) is 6.29. The molecule has 6 nitrogen and oxygen atoms in total. The molecule has 0 aliphatic carbocycles. The molecule has 0 saturated carbocycles. The molecule has 2 heterocycles. The highest BCUT2D eigenvalue weighted by molar-refractivity contribution is 14.1. The molecule has 0 bridgehead atoms. The van der Waals surface area contributed by atoms with E-state index in [0.717, 1.165) is 16.7 Å². The Kier molecular flexibility index (Phi) is 6.21. The summed E-state index contributed by atoms with van der Waals surface area (Å²) in [5.41, 5.74) is 2.92. The number of nitrogens with zero attached hydrogens (tertiary/aromatic N) is 1. The van der Waals surface area contributed by atoms with E-state index >= 15 is 0 Å². The second-order valence-corrected chi connectivity index (χ2v) is 8.84. The number of aromatic nitrogens is 1. The number of carbonyl (C=O) groups is 1. The predicted molar refractivity (Wildman–Crippen MR) is 134 cm³/mol. The first-order valence-electron chi connectivity index (χ1n) is 9.75. The molecule has 0 radical (unpaired) electrons. The highest BCUT2D eigenvalue weighted by atomic mass is 127. The standard InChI is InChI=1S/C24H18ClIN2O4/c1-12-10-15(13(2)27-17-8-9-18(25)28-20(17)24(30)31)23-16(11-12)21(29)19(26)22(32-23)14-6-4-3-5-7-14/h3-11,13,27H,1-2H3,(H,30,31)/t13-/m1/s1. The Morgan fingerprint density at radius 3 is 2.59 bits per heavy atom. The van der Waals surface area contributed by atoms with E-state index in [1.807, 2.05) is 72.8 Å². The summed E-state index contributed by atoms with van der Waals surface area (Å²) in [6.07, 6.45) is 0. The first kappa shape index (κ1) is 22.3. The first-order valence-corrected chi connectivity index (χ1v) is 11.2. The van der Waals surface area contributed by atoms with Gasteiger partial charge in [-0.15, -0.1) is 0 Å². The number of fused-ring (bicyclic) bond motifs is 1. The van der Waals surface area contributed by atoms with Gasteiger partial charge < -0.3 is 14.8 Å². The van der Waals surface area contributed by atoms with Gasteiger partial charge in [-0.2, -0.15) is 0 Å². The van der Waals surface area contributed by atoms with E-state index in [-0.39, 0.29) is 22.3 Å². The van der Waals surface area contributed by atoms with Crippen LogP contribution in [-0.2, 0) is 0 Å². The maximum Gasteiger partial charge on any atom is 0.356 e. The van der Waals surface area contributed by atoms with Gasteiger partial charge in [0.2, 0.25) is 5.43 Å². The van der Waals surface area contributed by atoms with Crippen LogP contribution in [0.15, 0.2) is 63.8 Å². The van der Waals surface area contributed by atoms with Crippen molar-refractivity contribution in [2.24, 2.45) is 0 Å². The van der Waals surface area contributed by atoms with Gasteiger partial charge in [-0.05, 0) is 60.2 Å². The Balaban J connectivity index is 1.88. The summed E-state index contributed by atoms with van der Waals surface area (Å²) >= 11 is 7.89. The van der Waals surface area contributed by atoms with E-state index in [9.17, 15) is 14.7 Å². The number of carboxylic acid groups (broad SMARTS) is 1. The number of nitrogens with one attached hydrogen (secondary N) is 1. The molecule has 0 saturated heterocycles. The molecule has 2 aromatic carbocycles. The minimum Gasteiger partial charge on any atom is -0.476 e. The third kappa shape index (κ3) is 4.22. The van der Waals surface area contributed by atoms with Crippen LogP contribution in [0.1, 0.15) is 34.6 Å². The van der Waals surface area contributed by atoms with Crippen LogP contribution in [0.5, 0.6) is 0 Å². The largest absolute Gasteiger partial charge is 0.476 e. The monoisotopic (exact) mass is 560 g/mol. The second kappa shape index (κ2) is 8.91. The molecule has 32 heavy (non-hydrogen) atoms. The van der Waals surface area contributed by atoms with E-state index in [1.165, 1.54) is 6.07 Å². The van der Waals surface area contributed by atoms with E-state index in [4.69, 9.17) is 16.0 Å². The number of carboxylic acids is 1. The van der Waals surface area contributed by atoms with Crippen molar-refractivity contribution in [1.29, 1.82) is 0 Å². The maximum absolute atomic E-state index is 13.2. The lowest BCUT2D eigenvalue weighted by Crippen LogP contribution is -2.14. The number of hydrogen-bond donors (Lipinski definition) is 2. The number of rotatable bonds is 5. The average Bonchev–Trinajstić information content (AvgIpc) is 2.77. The lowest BCUT2D eigenvalue weighted by molar-refractivity contribution is 0.0691. The first-order chi connectivity index (χ1) is 15.3. The highest BCUT2D eigenvalue weighted by Crippen LogP contribution is 2.33. The zero-order valence-corrected chi connectivity index (χ0v) is 20.1. The maximum atomic E-state index is 13.2. The topological polar surface area (TPSA) is 92.4 Å². The number of anilines is 1. The zero-order valence-electron chi connectivity index (χ0n) is 17.1. The van der Waals surface area contributed by atoms with Gasteiger partial charge in [-0.25, -0.2) is 9.78 Å². The third-order valence-electron chi connectivity index (χ3n) is 5.05. The van der Waals surface area contributed by atoms with Crippen LogP contribution in [-0.4, -0.2) is 16.1 Å². The van der Waals surface area contributed by atoms with Crippen LogP contribution in [0, 0.1) is 10.5 Å². The summed E-state index contributed by atoms with van der Waals surface area (Å²) < 4.78 is 6.81. The summed E-state index contributed by atoms with van der Waals surface area (Å²) in [5, 5.41) is 13.2. The molecule has 2 N–H and O–H groups in total. The molecule has 0 amide bonds. The van der Waals surface area contributed by atoms with Crippen molar-refractivity contribution in [2.75, 3.05) is 5.32 Å². The van der Waals surface area contributed by atoms with Gasteiger partial charge in [-0.3, -0.25) is 4.79 Å². The summed E-state index contributed by atoms with van der Waals surface area (Å²) in [6, 6.07) is 15.9. The number of aromatic carboxylic acids is 1. The minimum absolute atomic E-state index is 0.0923. The number of pyridine rings is 1. The van der Waals surface area contributed by atoms with Crippen molar-refractivity contribution in [1.82, 2.24) is 4.98 Å². The fourth-order valence-electron chi connectivity index (χ4n) is 3.57. The Bertz CT molecular complexity index is 1400. The average molecular weight is 561 g/mol. The van der Waals surface area contributed by atoms with Gasteiger partial charge in [-0.1, -0.05) is 48.0 Å². The van der Waals surface area contributed by atoms with E-state index in [2.05, 4.69) is 10.3 Å². The molecular formula is C24H18ClIN2O4. The summed E-state index contributed by atoms with van der Waals surface area (Å²) in [4.78, 5) is 28.7. The summed E-state index contributed by atoms with van der Waals surface area (Å²) in [7, 11) is 0. The quantitative estimate of drug-likeness (QED) is 0.220. The number of aryl methyl sites for hydroxylation is 1. The lowest BCUT2D eigenvalue weighted by atomic mass is 10.0. The molecular weight excluding hydrogens is 543 g/mol. The third-order valence-corrected chi connectivity index (χ3v) is 6.24. The Morgan fingerprint density at radius 1 is 1.19 bits per heavy atom. The normalized spacial score (nSPS) is 12.0. The van der Waals surface area contributed by atoms with Crippen molar-refractivity contribution in [3.05, 3.63) is 90.4 Å². The Labute approximate surface area is 202 Å². The summed E-state index contributed by atoms with van der Waals surface area (Å²) in [6.45, 7) is 3.77. The number of halogens is 2. The molecule has 162 valence electrons. The molecule has 2 aromatic heterocycles. The van der Waals surface area contributed by atoms with E-state index < -0.39 is 5.97 Å². The Hall–Kier alpha value is -2.91. The molecule has 0 spiro atoms. The van der Waals surface area contributed by atoms with Crippen LogP contribution in [0.2, 0.25) is 5.15 Å². The van der Waals surface area contributed by atoms with Gasteiger partial charge in [0.25, 0.3) is 0 Å². The molecule has 0 fully saturated rings. The molecule has 0 aliphatic rings. The summed E-state index contributed by atoms with van der Waals surface area (Å²) in [5.74, 6) is -0.691. The van der Waals surface area contributed by atoms with Gasteiger partial charge >= 0.3 is 5.97 Å². The molecule has 1 atom stereocenters. The Morgan fingerprint density at radius 2 is 1.91 bits per heavy atom. The van der Waals surface area contributed by atoms with Gasteiger partial charge in [0.1, 0.15) is 14.3 Å². The van der Waals surface area contributed by atoms with Gasteiger partial charge in [0.05, 0.1) is 17.1 Å². The lowest BCUT2D eigenvalue weighted by Gasteiger charge is -2.19. The molecule has 8 heteroatoms. The zero-order chi connectivity index (χ0) is 23.0. The minimum atomic E-state index is -1.19. The van der Waals surface area contributed by atoms with E-state index in [0.29, 0.717) is 26.0 Å². The van der Waals surface area contributed by atoms with Crippen LogP contribution in [0.3, 0.4) is 0 Å². The SMILES string of the molecule is Cc1cc([C@@H](C)Nc2ccc(Cl)nc2C(=O)O)c2oc(-c3ccccc3)c(I)c(=O)c2c1. The smallest absolute Gasteiger partial charge is 0.356 e. The van der Waals surface area contributed by atoms with Crippen molar-refractivity contribution in [2.45, 2.75) is 19.9 Å². The van der Waals surface area contributed by atoms with Gasteiger partial charge in [0, 0.05) is 11.1 Å². The molecule has 0 unspecified atom stereocenters. The van der Waals surface area contributed by atoms with Crippen LogP contribution in [0.4, 0.5) is 5.69 Å².